The SMILES string of the molecule is Cc1cc(C)n(-c2ccc(CCl)cc2[N+](=O)[O-])n1. The molecule has 0 saturated heterocycles. The highest BCUT2D eigenvalue weighted by Crippen LogP contribution is 2.26. The average molecular weight is 266 g/mol. The second kappa shape index (κ2) is 4.78. The second-order valence-electron chi connectivity index (χ2n) is 4.05. The van der Waals surface area contributed by atoms with Crippen molar-refractivity contribution < 1.29 is 4.92 Å². The number of aryl methyl sites for hydroxylation is 2. The summed E-state index contributed by atoms with van der Waals surface area (Å²) in [5.74, 6) is 0.248. The van der Waals surface area contributed by atoms with Gasteiger partial charge in [0, 0.05) is 17.6 Å². The smallest absolute Gasteiger partial charge is 0.258 e. The topological polar surface area (TPSA) is 61.0 Å². The van der Waals surface area contributed by atoms with Crippen LogP contribution >= 0.6 is 11.6 Å². The molecule has 0 amide bonds. The molecule has 0 radical (unpaired) electrons. The van der Waals surface area contributed by atoms with E-state index in [1.807, 2.05) is 19.9 Å². The molecule has 5 nitrogen and oxygen atoms in total. The number of halogens is 1. The Morgan fingerprint density at radius 3 is 2.61 bits per heavy atom. The molecule has 0 unspecified atom stereocenters. The highest BCUT2D eigenvalue weighted by molar-refractivity contribution is 6.17. The molecule has 1 heterocycles. The molecule has 0 atom stereocenters. The van der Waals surface area contributed by atoms with Gasteiger partial charge in [0.1, 0.15) is 5.69 Å². The molecule has 1 aromatic carbocycles. The molecule has 2 rings (SSSR count). The number of hydrogen-bond donors (Lipinski definition) is 0. The highest BCUT2D eigenvalue weighted by Gasteiger charge is 2.18. The van der Waals surface area contributed by atoms with Gasteiger partial charge < -0.3 is 0 Å². The van der Waals surface area contributed by atoms with E-state index in [-0.39, 0.29) is 11.6 Å². The summed E-state index contributed by atoms with van der Waals surface area (Å²) < 4.78 is 1.57. The number of nitro benzene ring substituents is 1. The van der Waals surface area contributed by atoms with Crippen molar-refractivity contribution in [2.45, 2.75) is 19.7 Å². The van der Waals surface area contributed by atoms with E-state index in [2.05, 4.69) is 5.10 Å². The fourth-order valence-electron chi connectivity index (χ4n) is 1.85. The minimum Gasteiger partial charge on any atom is -0.258 e. The van der Waals surface area contributed by atoms with Gasteiger partial charge in [-0.1, -0.05) is 6.07 Å². The van der Waals surface area contributed by atoms with Crippen LogP contribution in [0, 0.1) is 24.0 Å². The maximum atomic E-state index is 11.1. The van der Waals surface area contributed by atoms with E-state index in [4.69, 9.17) is 11.6 Å². The van der Waals surface area contributed by atoms with E-state index < -0.39 is 4.92 Å². The molecule has 0 spiro atoms. The van der Waals surface area contributed by atoms with Crippen LogP contribution in [0.1, 0.15) is 17.0 Å². The second-order valence-corrected chi connectivity index (χ2v) is 4.32. The summed E-state index contributed by atoms with van der Waals surface area (Å²) in [6, 6.07) is 6.80. The number of rotatable bonds is 3. The van der Waals surface area contributed by atoms with Gasteiger partial charge in [-0.2, -0.15) is 5.10 Å². The molecule has 1 aromatic heterocycles. The van der Waals surface area contributed by atoms with Gasteiger partial charge in [0.15, 0.2) is 0 Å². The standard InChI is InChI=1S/C12H12ClN3O2/c1-8-5-9(2)15(14-8)11-4-3-10(7-13)6-12(11)16(17)18/h3-6H,7H2,1-2H3. The molecule has 0 bridgehead atoms. The van der Waals surface area contributed by atoms with Crippen molar-refractivity contribution in [1.29, 1.82) is 0 Å². The van der Waals surface area contributed by atoms with Crippen LogP contribution in [0.2, 0.25) is 0 Å². The van der Waals surface area contributed by atoms with Gasteiger partial charge in [0.2, 0.25) is 0 Å². The molecular formula is C12H12ClN3O2. The number of aromatic nitrogens is 2. The molecular weight excluding hydrogens is 254 g/mol. The molecule has 2 aromatic rings. The Labute approximate surface area is 109 Å². The molecule has 6 heteroatoms. The molecule has 0 N–H and O–H groups in total. The van der Waals surface area contributed by atoms with E-state index in [9.17, 15) is 10.1 Å². The number of nitrogens with zero attached hydrogens (tertiary/aromatic N) is 3. The lowest BCUT2D eigenvalue weighted by Gasteiger charge is -2.06. The molecule has 0 aliphatic carbocycles. The predicted molar refractivity (Wildman–Crippen MR) is 69.2 cm³/mol. The molecule has 0 aliphatic rings. The summed E-state index contributed by atoms with van der Waals surface area (Å²) in [7, 11) is 0. The minimum absolute atomic E-state index is 0.0133. The summed E-state index contributed by atoms with van der Waals surface area (Å²) in [5, 5.41) is 15.4. The molecule has 0 fully saturated rings. The molecule has 94 valence electrons. The average Bonchev–Trinajstić information content (AvgIpc) is 2.67. The van der Waals surface area contributed by atoms with Crippen molar-refractivity contribution >= 4 is 17.3 Å². The Balaban J connectivity index is 2.63. The summed E-state index contributed by atoms with van der Waals surface area (Å²) in [6.07, 6.45) is 0. The Hall–Kier alpha value is -1.88. The summed E-state index contributed by atoms with van der Waals surface area (Å²) in [4.78, 5) is 10.7. The fourth-order valence-corrected chi connectivity index (χ4v) is 2.02. The van der Waals surface area contributed by atoms with Gasteiger partial charge in [-0.15, -0.1) is 11.6 Å². The quantitative estimate of drug-likeness (QED) is 0.487. The zero-order valence-electron chi connectivity index (χ0n) is 10.1. The number of alkyl halides is 1. The van der Waals surface area contributed by atoms with E-state index in [1.165, 1.54) is 6.07 Å². The Morgan fingerprint density at radius 2 is 2.11 bits per heavy atom. The van der Waals surface area contributed by atoms with Crippen molar-refractivity contribution in [3.05, 3.63) is 51.3 Å². The monoisotopic (exact) mass is 265 g/mol. The maximum absolute atomic E-state index is 11.1. The zero-order chi connectivity index (χ0) is 13.3. The normalized spacial score (nSPS) is 10.6. The third-order valence-corrected chi connectivity index (χ3v) is 2.94. The van der Waals surface area contributed by atoms with Crippen LogP contribution in [-0.2, 0) is 5.88 Å². The third-order valence-electron chi connectivity index (χ3n) is 2.63. The lowest BCUT2D eigenvalue weighted by atomic mass is 10.2. The van der Waals surface area contributed by atoms with Crippen molar-refractivity contribution in [1.82, 2.24) is 9.78 Å². The lowest BCUT2D eigenvalue weighted by Crippen LogP contribution is -2.04. The van der Waals surface area contributed by atoms with Crippen LogP contribution in [0.3, 0.4) is 0 Å². The highest BCUT2D eigenvalue weighted by atomic mass is 35.5. The van der Waals surface area contributed by atoms with Gasteiger partial charge in [-0.25, -0.2) is 4.68 Å². The number of hydrogen-bond acceptors (Lipinski definition) is 3. The summed E-state index contributed by atoms with van der Waals surface area (Å²) in [6.45, 7) is 3.71. The fraction of sp³-hybridized carbons (Fsp3) is 0.250. The van der Waals surface area contributed by atoms with Crippen molar-refractivity contribution in [3.8, 4) is 5.69 Å². The predicted octanol–water partition coefficient (Wildman–Crippen LogP) is 3.14. The van der Waals surface area contributed by atoms with Gasteiger partial charge in [0.25, 0.3) is 5.69 Å². The van der Waals surface area contributed by atoms with Crippen LogP contribution < -0.4 is 0 Å². The zero-order valence-corrected chi connectivity index (χ0v) is 10.8. The summed E-state index contributed by atoms with van der Waals surface area (Å²) in [5.41, 5.74) is 2.87. The first kappa shape index (κ1) is 12.6. The summed E-state index contributed by atoms with van der Waals surface area (Å²) >= 11 is 5.69. The first-order valence-electron chi connectivity index (χ1n) is 5.40. The van der Waals surface area contributed by atoms with E-state index >= 15 is 0 Å². The van der Waals surface area contributed by atoms with Gasteiger partial charge in [-0.05, 0) is 31.5 Å². The molecule has 0 aliphatic heterocycles. The Bertz CT molecular complexity index is 607. The van der Waals surface area contributed by atoms with Gasteiger partial charge in [-0.3, -0.25) is 10.1 Å². The van der Waals surface area contributed by atoms with Gasteiger partial charge in [0.05, 0.1) is 10.6 Å². The first-order chi connectivity index (χ1) is 8.52. The van der Waals surface area contributed by atoms with Crippen molar-refractivity contribution in [2.24, 2.45) is 0 Å². The van der Waals surface area contributed by atoms with E-state index in [0.29, 0.717) is 11.3 Å². The largest absolute Gasteiger partial charge is 0.295 e. The van der Waals surface area contributed by atoms with Crippen molar-refractivity contribution in [2.75, 3.05) is 0 Å². The number of benzene rings is 1. The first-order valence-corrected chi connectivity index (χ1v) is 5.93. The molecule has 18 heavy (non-hydrogen) atoms. The van der Waals surface area contributed by atoms with E-state index in [1.54, 1.807) is 16.8 Å². The van der Waals surface area contributed by atoms with Gasteiger partial charge >= 0.3 is 0 Å². The van der Waals surface area contributed by atoms with E-state index in [0.717, 1.165) is 11.4 Å². The Kier molecular flexibility index (Phi) is 3.34. The molecule has 0 saturated carbocycles. The van der Waals surface area contributed by atoms with Crippen LogP contribution in [-0.4, -0.2) is 14.7 Å². The maximum Gasteiger partial charge on any atom is 0.295 e. The third kappa shape index (κ3) is 2.22. The van der Waals surface area contributed by atoms with Crippen molar-refractivity contribution in [3.63, 3.8) is 0 Å². The van der Waals surface area contributed by atoms with Crippen LogP contribution in [0.4, 0.5) is 5.69 Å². The Morgan fingerprint density at radius 1 is 1.39 bits per heavy atom. The van der Waals surface area contributed by atoms with Crippen LogP contribution in [0.15, 0.2) is 24.3 Å². The minimum atomic E-state index is -0.415. The number of nitro groups is 1. The van der Waals surface area contributed by atoms with Crippen LogP contribution in [0.25, 0.3) is 5.69 Å². The van der Waals surface area contributed by atoms with Crippen LogP contribution in [0.5, 0.6) is 0 Å². The lowest BCUT2D eigenvalue weighted by molar-refractivity contribution is -0.384.